The maximum absolute atomic E-state index is 13.2. The first-order valence-electron chi connectivity index (χ1n) is 10.5. The number of aromatic nitrogens is 1. The van der Waals surface area contributed by atoms with E-state index in [1.807, 2.05) is 0 Å². The molecule has 1 aromatic heterocycles. The van der Waals surface area contributed by atoms with Crippen LogP contribution in [0.4, 0.5) is 0 Å². The molecule has 1 fully saturated rings. The molecule has 6 N–H and O–H groups in total. The predicted molar refractivity (Wildman–Crippen MR) is 116 cm³/mol. The molecule has 172 valence electrons. The summed E-state index contributed by atoms with van der Waals surface area (Å²) >= 11 is 0. The second-order valence-corrected chi connectivity index (χ2v) is 8.03. The molecule has 10 nitrogen and oxygen atoms in total. The molecule has 3 rings (SSSR count). The molecule has 1 aliphatic rings. The number of carbonyl (C=O) groups is 4. The number of carboxylic acid groups (broad SMARTS) is 1. The van der Waals surface area contributed by atoms with Crippen molar-refractivity contribution >= 4 is 34.6 Å². The summed E-state index contributed by atoms with van der Waals surface area (Å²) in [7, 11) is 1.60. The van der Waals surface area contributed by atoms with Crippen molar-refractivity contribution in [3.8, 4) is 0 Å². The van der Waals surface area contributed by atoms with Crippen molar-refractivity contribution < 1.29 is 29.4 Å². The quantitative estimate of drug-likeness (QED) is 0.385. The van der Waals surface area contributed by atoms with Crippen LogP contribution in [-0.2, 0) is 26.8 Å². The Hall–Kier alpha value is -3.40. The third-order valence-corrected chi connectivity index (χ3v) is 6.28. The van der Waals surface area contributed by atoms with Crippen LogP contribution in [0.2, 0.25) is 0 Å². The van der Waals surface area contributed by atoms with E-state index >= 15 is 0 Å². The Labute approximate surface area is 184 Å². The molecule has 1 aliphatic carbocycles. The van der Waals surface area contributed by atoms with E-state index < -0.39 is 35.0 Å². The van der Waals surface area contributed by atoms with Crippen molar-refractivity contribution in [1.29, 1.82) is 0 Å². The number of para-hydroxylation sites is 1. The van der Waals surface area contributed by atoms with E-state index in [9.17, 15) is 24.3 Å². The topological polar surface area (TPSA) is 164 Å². The summed E-state index contributed by atoms with van der Waals surface area (Å²) in [6, 6.07) is 7.00. The molecule has 0 unspecified atom stereocenters. The highest BCUT2D eigenvalue weighted by molar-refractivity contribution is 6.06. The number of nitrogens with two attached hydrogens (primary N) is 1. The summed E-state index contributed by atoms with van der Waals surface area (Å²) in [5, 5.41) is 24.4. The summed E-state index contributed by atoms with van der Waals surface area (Å²) in [6.45, 7) is -0.501. The van der Waals surface area contributed by atoms with Gasteiger partial charge in [-0.3, -0.25) is 14.4 Å². The van der Waals surface area contributed by atoms with Gasteiger partial charge in [-0.2, -0.15) is 0 Å². The lowest BCUT2D eigenvalue weighted by molar-refractivity contribution is -0.138. The normalized spacial score (nSPS) is 20.6. The summed E-state index contributed by atoms with van der Waals surface area (Å²) in [5.41, 5.74) is 5.19. The van der Waals surface area contributed by atoms with Crippen molar-refractivity contribution in [3.05, 3.63) is 35.5 Å². The molecule has 3 amide bonds. The Balaban J connectivity index is 2.11. The van der Waals surface area contributed by atoms with E-state index in [1.165, 1.54) is 4.57 Å². The van der Waals surface area contributed by atoms with Crippen LogP contribution in [-0.4, -0.2) is 58.2 Å². The zero-order valence-electron chi connectivity index (χ0n) is 17.9. The van der Waals surface area contributed by atoms with Crippen molar-refractivity contribution in [2.45, 2.75) is 31.1 Å². The zero-order chi connectivity index (χ0) is 23.5. The van der Waals surface area contributed by atoms with Crippen molar-refractivity contribution in [1.82, 2.24) is 15.2 Å². The Morgan fingerprint density at radius 3 is 2.56 bits per heavy atom. The highest BCUT2D eigenvalue weighted by Crippen LogP contribution is 2.48. The molecule has 0 spiro atoms. The molecule has 1 heterocycles. The number of fused-ring (bicyclic) bond motifs is 1. The van der Waals surface area contributed by atoms with Crippen LogP contribution < -0.4 is 16.4 Å². The number of nitrogens with one attached hydrogen (secondary N) is 2. The van der Waals surface area contributed by atoms with E-state index in [0.29, 0.717) is 30.2 Å². The Bertz CT molecular complexity index is 1060. The number of rotatable bonds is 8. The summed E-state index contributed by atoms with van der Waals surface area (Å²) in [5.74, 6) is -3.92. The largest absolute Gasteiger partial charge is 0.477 e. The number of carbonyl (C=O) groups excluding carboxylic acids is 3. The molecule has 0 saturated heterocycles. The number of aliphatic hydroxyl groups excluding tert-OH is 1. The van der Waals surface area contributed by atoms with Gasteiger partial charge in [-0.05, 0) is 18.9 Å². The maximum Gasteiger partial charge on any atom is 0.352 e. The van der Waals surface area contributed by atoms with Crippen LogP contribution in [0.3, 0.4) is 0 Å². The lowest BCUT2D eigenvalue weighted by Gasteiger charge is -2.41. The smallest absolute Gasteiger partial charge is 0.352 e. The number of aromatic carboxylic acids is 1. The van der Waals surface area contributed by atoms with Gasteiger partial charge in [-0.25, -0.2) is 4.79 Å². The number of amides is 3. The second-order valence-electron chi connectivity index (χ2n) is 8.03. The summed E-state index contributed by atoms with van der Waals surface area (Å²) < 4.78 is 1.50. The third kappa shape index (κ3) is 3.93. The molecular weight excluding hydrogens is 416 g/mol. The van der Waals surface area contributed by atoms with Crippen LogP contribution in [0, 0.1) is 5.92 Å². The minimum Gasteiger partial charge on any atom is -0.477 e. The van der Waals surface area contributed by atoms with Gasteiger partial charge in [0.1, 0.15) is 5.69 Å². The molecule has 10 heteroatoms. The van der Waals surface area contributed by atoms with E-state index in [-0.39, 0.29) is 37.4 Å². The van der Waals surface area contributed by atoms with Gasteiger partial charge in [-0.15, -0.1) is 0 Å². The number of carboxylic acids is 1. The fourth-order valence-corrected chi connectivity index (χ4v) is 4.89. The first kappa shape index (κ1) is 23.3. The zero-order valence-corrected chi connectivity index (χ0v) is 17.9. The SMILES string of the molecule is Cn1c(C(=O)O)c([C@]2(C(N)=O)CCCC[C@H]2C(=O)NCC(=O)NCCO)c2ccccc21. The van der Waals surface area contributed by atoms with Crippen LogP contribution in [0.1, 0.15) is 41.7 Å². The summed E-state index contributed by atoms with van der Waals surface area (Å²) in [6.07, 6.45) is 1.82. The van der Waals surface area contributed by atoms with Crippen LogP contribution in [0.25, 0.3) is 10.9 Å². The molecule has 1 aromatic carbocycles. The van der Waals surface area contributed by atoms with Gasteiger partial charge in [0.25, 0.3) is 0 Å². The second kappa shape index (κ2) is 9.39. The van der Waals surface area contributed by atoms with Crippen molar-refractivity contribution in [2.24, 2.45) is 18.7 Å². The first-order chi connectivity index (χ1) is 15.3. The number of aliphatic hydroxyl groups is 1. The van der Waals surface area contributed by atoms with Crippen molar-refractivity contribution in [3.63, 3.8) is 0 Å². The molecule has 0 radical (unpaired) electrons. The van der Waals surface area contributed by atoms with Crippen LogP contribution in [0.5, 0.6) is 0 Å². The number of nitrogens with zero attached hydrogens (tertiary/aromatic N) is 1. The highest BCUT2D eigenvalue weighted by atomic mass is 16.4. The Kier molecular flexibility index (Phi) is 6.83. The van der Waals surface area contributed by atoms with Gasteiger partial charge in [0, 0.05) is 30.1 Å². The van der Waals surface area contributed by atoms with E-state index in [2.05, 4.69) is 10.6 Å². The maximum atomic E-state index is 13.2. The summed E-state index contributed by atoms with van der Waals surface area (Å²) in [4.78, 5) is 50.4. The number of hydrogen-bond acceptors (Lipinski definition) is 5. The van der Waals surface area contributed by atoms with Gasteiger partial charge >= 0.3 is 5.97 Å². The number of benzene rings is 1. The Morgan fingerprint density at radius 1 is 1.19 bits per heavy atom. The van der Waals surface area contributed by atoms with Crippen LogP contribution >= 0.6 is 0 Å². The molecule has 0 aliphatic heterocycles. The average molecular weight is 444 g/mol. The fraction of sp³-hybridized carbons (Fsp3) is 0.455. The lowest BCUT2D eigenvalue weighted by Crippen LogP contribution is -2.55. The molecule has 2 atom stereocenters. The minimum atomic E-state index is -1.53. The standard InChI is InChI=1S/C22H28N4O6/c1-26-15-8-3-2-6-13(15)17(18(26)20(30)31)22(21(23)32)9-5-4-7-14(22)19(29)25-12-16(28)24-10-11-27/h2-3,6,8,14,27H,4-5,7,9-12H2,1H3,(H2,23,32)(H,24,28)(H,25,29)(H,30,31)/t14-,22-/m0/s1. The van der Waals surface area contributed by atoms with E-state index in [4.69, 9.17) is 10.8 Å². The van der Waals surface area contributed by atoms with Crippen molar-refractivity contribution in [2.75, 3.05) is 19.7 Å². The van der Waals surface area contributed by atoms with E-state index in [1.54, 1.807) is 31.3 Å². The van der Waals surface area contributed by atoms with Gasteiger partial charge in [0.15, 0.2) is 0 Å². The number of hydrogen-bond donors (Lipinski definition) is 5. The van der Waals surface area contributed by atoms with Gasteiger partial charge in [0.2, 0.25) is 17.7 Å². The number of aryl methyl sites for hydroxylation is 1. The lowest BCUT2D eigenvalue weighted by atomic mass is 9.61. The van der Waals surface area contributed by atoms with Gasteiger partial charge < -0.3 is 31.1 Å². The molecule has 32 heavy (non-hydrogen) atoms. The highest BCUT2D eigenvalue weighted by Gasteiger charge is 2.53. The average Bonchev–Trinajstić information content (AvgIpc) is 3.08. The minimum absolute atomic E-state index is 0.0569. The predicted octanol–water partition coefficient (Wildman–Crippen LogP) is 0.0145. The Morgan fingerprint density at radius 2 is 1.91 bits per heavy atom. The molecule has 2 aromatic rings. The molecule has 1 saturated carbocycles. The first-order valence-corrected chi connectivity index (χ1v) is 10.5. The van der Waals surface area contributed by atoms with Gasteiger partial charge in [-0.1, -0.05) is 31.0 Å². The number of primary amides is 1. The fourth-order valence-electron chi connectivity index (χ4n) is 4.89. The van der Waals surface area contributed by atoms with Gasteiger partial charge in [0.05, 0.1) is 24.5 Å². The monoisotopic (exact) mass is 444 g/mol. The van der Waals surface area contributed by atoms with Crippen LogP contribution in [0.15, 0.2) is 24.3 Å². The van der Waals surface area contributed by atoms with E-state index in [0.717, 1.165) is 0 Å². The molecule has 0 bridgehead atoms. The molecular formula is C22H28N4O6. The third-order valence-electron chi connectivity index (χ3n) is 6.28.